The fraction of sp³-hybridized carbons (Fsp3) is 0.360. The lowest BCUT2D eigenvalue weighted by atomic mass is 10.0. The Morgan fingerprint density at radius 3 is 2.52 bits per heavy atom. The van der Waals surface area contributed by atoms with Crippen molar-refractivity contribution in [3.8, 4) is 5.75 Å². The Hall–Kier alpha value is -3.12. The molecule has 0 radical (unpaired) electrons. The molecule has 1 aromatic heterocycles. The molecule has 1 fully saturated rings. The van der Waals surface area contributed by atoms with Gasteiger partial charge in [-0.1, -0.05) is 18.2 Å². The molecule has 2 aromatic carbocycles. The molecule has 0 spiro atoms. The Balaban J connectivity index is 1.56. The van der Waals surface area contributed by atoms with Gasteiger partial charge in [-0.25, -0.2) is 0 Å². The van der Waals surface area contributed by atoms with Gasteiger partial charge in [-0.15, -0.1) is 0 Å². The highest BCUT2D eigenvalue weighted by Crippen LogP contribution is 2.26. The van der Waals surface area contributed by atoms with Crippen LogP contribution in [-0.4, -0.2) is 37.6 Å². The van der Waals surface area contributed by atoms with Gasteiger partial charge in [-0.2, -0.15) is 0 Å². The van der Waals surface area contributed by atoms with E-state index in [-0.39, 0.29) is 23.1 Å². The summed E-state index contributed by atoms with van der Waals surface area (Å²) >= 11 is 0. The number of carbonyl (C=O) groups excluding carboxylic acids is 1. The van der Waals surface area contributed by atoms with E-state index >= 15 is 0 Å². The van der Waals surface area contributed by atoms with E-state index in [1.165, 1.54) is 6.07 Å². The Morgan fingerprint density at radius 2 is 1.84 bits per heavy atom. The summed E-state index contributed by atoms with van der Waals surface area (Å²) in [6, 6.07) is 13.0. The van der Waals surface area contributed by atoms with Crippen LogP contribution in [0, 0.1) is 13.8 Å². The van der Waals surface area contributed by atoms with Gasteiger partial charge in [-0.3, -0.25) is 14.5 Å². The summed E-state index contributed by atoms with van der Waals surface area (Å²) in [6.07, 6.45) is 2.30. The van der Waals surface area contributed by atoms with E-state index in [1.807, 2.05) is 44.2 Å². The van der Waals surface area contributed by atoms with Gasteiger partial charge in [-0.05, 0) is 74.7 Å². The van der Waals surface area contributed by atoms with Gasteiger partial charge in [0.1, 0.15) is 11.3 Å². The third-order valence-corrected chi connectivity index (χ3v) is 5.92. The molecule has 3 aromatic rings. The molecule has 1 N–H and O–H groups in total. The molecule has 162 valence electrons. The predicted octanol–water partition coefficient (Wildman–Crippen LogP) is 3.99. The summed E-state index contributed by atoms with van der Waals surface area (Å²) in [5, 5.41) is 3.48. The predicted molar refractivity (Wildman–Crippen MR) is 121 cm³/mol. The van der Waals surface area contributed by atoms with Crippen LogP contribution in [0.15, 0.2) is 51.7 Å². The maximum Gasteiger partial charge on any atom is 0.287 e. The zero-order valence-electron chi connectivity index (χ0n) is 18.2. The number of fused-ring (bicyclic) bond motifs is 1. The van der Waals surface area contributed by atoms with E-state index in [0.29, 0.717) is 17.5 Å². The maximum absolute atomic E-state index is 12.9. The van der Waals surface area contributed by atoms with Crippen LogP contribution >= 0.6 is 0 Å². The number of hydrogen-bond acceptors (Lipinski definition) is 5. The van der Waals surface area contributed by atoms with E-state index in [1.54, 1.807) is 13.2 Å². The number of methoxy groups -OCH3 is 1. The zero-order chi connectivity index (χ0) is 22.0. The van der Waals surface area contributed by atoms with E-state index < -0.39 is 0 Å². The number of ether oxygens (including phenoxy) is 1. The van der Waals surface area contributed by atoms with Crippen LogP contribution in [0.4, 0.5) is 0 Å². The number of amides is 1. The van der Waals surface area contributed by atoms with Gasteiger partial charge >= 0.3 is 0 Å². The molecule has 1 amide bonds. The molecule has 1 saturated heterocycles. The minimum atomic E-state index is -0.378. The van der Waals surface area contributed by atoms with Crippen molar-refractivity contribution in [1.82, 2.24) is 10.2 Å². The topological polar surface area (TPSA) is 71.8 Å². The molecule has 1 atom stereocenters. The van der Waals surface area contributed by atoms with Crippen LogP contribution in [0.25, 0.3) is 11.0 Å². The maximum atomic E-state index is 12.9. The smallest absolute Gasteiger partial charge is 0.287 e. The average Bonchev–Trinajstić information content (AvgIpc) is 3.29. The van der Waals surface area contributed by atoms with Gasteiger partial charge in [0.15, 0.2) is 11.2 Å². The Labute approximate surface area is 181 Å². The molecule has 1 aliphatic heterocycles. The van der Waals surface area contributed by atoms with Crippen LogP contribution in [0.2, 0.25) is 0 Å². The van der Waals surface area contributed by atoms with Gasteiger partial charge < -0.3 is 14.5 Å². The Kier molecular flexibility index (Phi) is 6.09. The molecule has 4 rings (SSSR count). The third-order valence-electron chi connectivity index (χ3n) is 5.92. The second-order valence-corrected chi connectivity index (χ2v) is 8.18. The fourth-order valence-electron chi connectivity index (χ4n) is 4.33. The van der Waals surface area contributed by atoms with Crippen LogP contribution < -0.4 is 15.5 Å². The number of aryl methyl sites for hydroxylation is 2. The number of hydrogen-bond donors (Lipinski definition) is 1. The first-order chi connectivity index (χ1) is 15.0. The minimum Gasteiger partial charge on any atom is -0.497 e. The van der Waals surface area contributed by atoms with Gasteiger partial charge in [0, 0.05) is 12.6 Å². The fourth-order valence-corrected chi connectivity index (χ4v) is 4.33. The number of benzene rings is 2. The molecule has 2 heterocycles. The monoisotopic (exact) mass is 420 g/mol. The molecule has 0 bridgehead atoms. The molecule has 0 aliphatic carbocycles. The molecule has 6 heteroatoms. The molecule has 0 unspecified atom stereocenters. The molecular weight excluding hydrogens is 392 g/mol. The van der Waals surface area contributed by atoms with E-state index in [2.05, 4.69) is 10.2 Å². The Bertz CT molecular complexity index is 1140. The summed E-state index contributed by atoms with van der Waals surface area (Å²) in [7, 11) is 1.65. The first-order valence-corrected chi connectivity index (χ1v) is 10.7. The first kappa shape index (κ1) is 21.1. The van der Waals surface area contributed by atoms with Crippen LogP contribution in [0.5, 0.6) is 5.75 Å². The van der Waals surface area contributed by atoms with Crippen molar-refractivity contribution in [3.63, 3.8) is 0 Å². The zero-order valence-corrected chi connectivity index (χ0v) is 18.2. The summed E-state index contributed by atoms with van der Waals surface area (Å²) < 4.78 is 11.1. The highest BCUT2D eigenvalue weighted by atomic mass is 16.5. The number of likely N-dealkylation sites (tertiary alicyclic amines) is 1. The average molecular weight is 421 g/mol. The van der Waals surface area contributed by atoms with Crippen molar-refractivity contribution in [2.24, 2.45) is 0 Å². The van der Waals surface area contributed by atoms with Gasteiger partial charge in [0.05, 0.1) is 18.5 Å². The Morgan fingerprint density at radius 1 is 1.13 bits per heavy atom. The molecular formula is C25H28N2O4. The summed E-state index contributed by atoms with van der Waals surface area (Å²) in [6.45, 7) is 6.24. The summed E-state index contributed by atoms with van der Waals surface area (Å²) in [5.74, 6) is 0.465. The quantitative estimate of drug-likeness (QED) is 0.653. The first-order valence-electron chi connectivity index (χ1n) is 10.7. The van der Waals surface area contributed by atoms with Crippen molar-refractivity contribution in [2.75, 3.05) is 26.7 Å². The molecule has 6 nitrogen and oxygen atoms in total. The largest absolute Gasteiger partial charge is 0.497 e. The van der Waals surface area contributed by atoms with Gasteiger partial charge in [0.25, 0.3) is 5.91 Å². The molecule has 0 saturated carbocycles. The lowest BCUT2D eigenvalue weighted by Gasteiger charge is -2.28. The number of rotatable bonds is 6. The normalized spacial score (nSPS) is 15.2. The van der Waals surface area contributed by atoms with Gasteiger partial charge in [0.2, 0.25) is 0 Å². The minimum absolute atomic E-state index is 0.0411. The third kappa shape index (κ3) is 4.49. The second-order valence-electron chi connectivity index (χ2n) is 8.18. The standard InChI is InChI=1S/C25H28N2O4/c1-16-12-17(2)24-20(13-16)22(28)14-23(31-24)25(29)26-15-21(27-10-4-5-11-27)18-6-8-19(30-3)9-7-18/h6-9,12-14,21H,4-5,10-11,15H2,1-3H3,(H,26,29)/t21-/m1/s1. The van der Waals surface area contributed by atoms with Crippen molar-refractivity contribution >= 4 is 16.9 Å². The van der Waals surface area contributed by atoms with Crippen LogP contribution in [-0.2, 0) is 0 Å². The highest BCUT2D eigenvalue weighted by molar-refractivity contribution is 5.93. The summed E-state index contributed by atoms with van der Waals surface area (Å²) in [4.78, 5) is 27.8. The lowest BCUT2D eigenvalue weighted by Crippen LogP contribution is -2.37. The number of nitrogens with zero attached hydrogens (tertiary/aromatic N) is 1. The molecule has 1 aliphatic rings. The van der Waals surface area contributed by atoms with Crippen molar-refractivity contribution in [1.29, 1.82) is 0 Å². The number of nitrogens with one attached hydrogen (secondary N) is 1. The van der Waals surface area contributed by atoms with Crippen molar-refractivity contribution in [3.05, 3.63) is 75.1 Å². The molecule has 31 heavy (non-hydrogen) atoms. The van der Waals surface area contributed by atoms with E-state index in [4.69, 9.17) is 9.15 Å². The van der Waals surface area contributed by atoms with Crippen LogP contribution in [0.3, 0.4) is 0 Å². The second kappa shape index (κ2) is 8.94. The van der Waals surface area contributed by atoms with Crippen molar-refractivity contribution in [2.45, 2.75) is 32.7 Å². The number of carbonyl (C=O) groups is 1. The lowest BCUT2D eigenvalue weighted by molar-refractivity contribution is 0.0910. The summed E-state index contributed by atoms with van der Waals surface area (Å²) in [5.41, 5.74) is 3.21. The van der Waals surface area contributed by atoms with E-state index in [0.717, 1.165) is 48.4 Å². The highest BCUT2D eigenvalue weighted by Gasteiger charge is 2.25. The van der Waals surface area contributed by atoms with E-state index in [9.17, 15) is 9.59 Å². The van der Waals surface area contributed by atoms with Crippen molar-refractivity contribution < 1.29 is 13.9 Å². The SMILES string of the molecule is COc1ccc([C@@H](CNC(=O)c2cc(=O)c3cc(C)cc(C)c3o2)N2CCCC2)cc1. The van der Waals surface area contributed by atoms with Crippen LogP contribution in [0.1, 0.15) is 46.1 Å².